The maximum absolute atomic E-state index is 12.2. The van der Waals surface area contributed by atoms with Gasteiger partial charge in [-0.2, -0.15) is 0 Å². The minimum absolute atomic E-state index is 0.185. The highest BCUT2D eigenvalue weighted by atomic mass is 16.6. The first-order chi connectivity index (χ1) is 7.68. The van der Waals surface area contributed by atoms with Crippen LogP contribution in [0, 0.1) is 5.92 Å². The van der Waals surface area contributed by atoms with Crippen molar-refractivity contribution in [2.45, 2.75) is 58.8 Å². The molecule has 0 aromatic heterocycles. The maximum Gasteiger partial charge on any atom is 0.354 e. The molecule has 0 bridgehead atoms. The van der Waals surface area contributed by atoms with E-state index in [1.54, 1.807) is 0 Å². The molecule has 1 atom stereocenters. The number of rotatable bonds is 3. The Morgan fingerprint density at radius 3 is 2.06 bits per heavy atom. The first-order valence-electron chi connectivity index (χ1n) is 6.39. The zero-order chi connectivity index (χ0) is 13.3. The van der Waals surface area contributed by atoms with Gasteiger partial charge in [-0.1, -0.05) is 13.8 Å². The van der Waals surface area contributed by atoms with Gasteiger partial charge in [0.15, 0.2) is 0 Å². The summed E-state index contributed by atoms with van der Waals surface area (Å²) in [6.45, 7) is 10.7. The van der Waals surface area contributed by atoms with Crippen molar-refractivity contribution in [3.8, 4) is 0 Å². The Morgan fingerprint density at radius 1 is 1.24 bits per heavy atom. The number of carbonyl (C=O) groups is 1. The first kappa shape index (κ1) is 14.5. The molecule has 1 fully saturated rings. The van der Waals surface area contributed by atoms with Crippen LogP contribution >= 0.6 is 0 Å². The summed E-state index contributed by atoms with van der Waals surface area (Å²) in [6.07, 6.45) is 2.05. The monoisotopic (exact) mass is 243 g/mol. The third kappa shape index (κ3) is 3.19. The molecule has 0 aromatic carbocycles. The lowest BCUT2D eigenvalue weighted by atomic mass is 9.97. The molecule has 1 N–H and O–H groups in total. The number of ether oxygens (including phenoxy) is 1. The van der Waals surface area contributed by atoms with Gasteiger partial charge < -0.3 is 9.84 Å². The molecular formula is C13H25NO3. The first-order valence-corrected chi connectivity index (χ1v) is 6.39. The van der Waals surface area contributed by atoms with Crippen LogP contribution in [0.5, 0.6) is 0 Å². The van der Waals surface area contributed by atoms with Crippen molar-refractivity contribution >= 4 is 5.97 Å². The minimum atomic E-state index is -1.48. The van der Waals surface area contributed by atoms with Gasteiger partial charge in [-0.3, -0.25) is 4.90 Å². The Bertz CT molecular complexity index is 277. The van der Waals surface area contributed by atoms with Crippen molar-refractivity contribution in [3.05, 3.63) is 0 Å². The van der Waals surface area contributed by atoms with Crippen LogP contribution < -0.4 is 0 Å². The van der Waals surface area contributed by atoms with Crippen LogP contribution in [-0.4, -0.2) is 40.4 Å². The molecular weight excluding hydrogens is 218 g/mol. The molecule has 0 saturated carbocycles. The number of carbonyl (C=O) groups excluding carboxylic acids is 1. The average Bonchev–Trinajstić information content (AvgIpc) is 2.65. The van der Waals surface area contributed by atoms with E-state index in [2.05, 4.69) is 0 Å². The van der Waals surface area contributed by atoms with Crippen molar-refractivity contribution in [3.63, 3.8) is 0 Å². The average molecular weight is 243 g/mol. The van der Waals surface area contributed by atoms with E-state index in [9.17, 15) is 9.90 Å². The molecule has 1 unspecified atom stereocenters. The fraction of sp³-hybridized carbons (Fsp3) is 0.923. The Hall–Kier alpha value is -0.610. The van der Waals surface area contributed by atoms with E-state index in [0.717, 1.165) is 25.9 Å². The Morgan fingerprint density at radius 2 is 1.71 bits per heavy atom. The number of esters is 1. The van der Waals surface area contributed by atoms with E-state index < -0.39 is 17.3 Å². The number of hydrogen-bond donors (Lipinski definition) is 1. The van der Waals surface area contributed by atoms with Gasteiger partial charge in [0.2, 0.25) is 5.72 Å². The summed E-state index contributed by atoms with van der Waals surface area (Å²) in [5, 5.41) is 10.7. The van der Waals surface area contributed by atoms with E-state index in [-0.39, 0.29) is 5.92 Å². The highest BCUT2D eigenvalue weighted by molar-refractivity contribution is 5.79. The number of likely N-dealkylation sites (tertiary alicyclic amines) is 1. The summed E-state index contributed by atoms with van der Waals surface area (Å²) in [5.41, 5.74) is -2.05. The molecule has 100 valence electrons. The highest BCUT2D eigenvalue weighted by Crippen LogP contribution is 2.29. The summed E-state index contributed by atoms with van der Waals surface area (Å²) >= 11 is 0. The molecule has 17 heavy (non-hydrogen) atoms. The lowest BCUT2D eigenvalue weighted by Crippen LogP contribution is -2.59. The summed E-state index contributed by atoms with van der Waals surface area (Å²) in [6, 6.07) is 0. The van der Waals surface area contributed by atoms with Crippen molar-refractivity contribution in [1.82, 2.24) is 4.90 Å². The van der Waals surface area contributed by atoms with Crippen molar-refractivity contribution in [2.24, 2.45) is 5.92 Å². The van der Waals surface area contributed by atoms with Crippen LogP contribution in [0.25, 0.3) is 0 Å². The van der Waals surface area contributed by atoms with Gasteiger partial charge in [-0.15, -0.1) is 0 Å². The summed E-state index contributed by atoms with van der Waals surface area (Å²) in [4.78, 5) is 14.0. The lowest BCUT2D eigenvalue weighted by Gasteiger charge is -2.39. The largest absolute Gasteiger partial charge is 0.457 e. The summed E-state index contributed by atoms with van der Waals surface area (Å²) < 4.78 is 5.35. The van der Waals surface area contributed by atoms with E-state index in [1.165, 1.54) is 0 Å². The van der Waals surface area contributed by atoms with Crippen molar-refractivity contribution < 1.29 is 14.6 Å². The second kappa shape index (κ2) is 4.94. The fourth-order valence-electron chi connectivity index (χ4n) is 2.14. The summed E-state index contributed by atoms with van der Waals surface area (Å²) in [5.74, 6) is -0.711. The normalized spacial score (nSPS) is 21.6. The molecule has 1 saturated heterocycles. The number of nitrogens with zero attached hydrogens (tertiary/aromatic N) is 1. The molecule has 1 aliphatic rings. The molecule has 1 rings (SSSR count). The highest BCUT2D eigenvalue weighted by Gasteiger charge is 2.48. The van der Waals surface area contributed by atoms with Crippen LogP contribution in [0.4, 0.5) is 0 Å². The van der Waals surface area contributed by atoms with Crippen LogP contribution in [0.2, 0.25) is 0 Å². The second-order valence-corrected chi connectivity index (χ2v) is 6.08. The van der Waals surface area contributed by atoms with Gasteiger partial charge in [0.25, 0.3) is 0 Å². The zero-order valence-corrected chi connectivity index (χ0v) is 11.6. The van der Waals surface area contributed by atoms with Crippen molar-refractivity contribution in [1.29, 1.82) is 0 Å². The Kier molecular flexibility index (Phi) is 4.20. The zero-order valence-electron chi connectivity index (χ0n) is 11.6. The van der Waals surface area contributed by atoms with Gasteiger partial charge >= 0.3 is 5.97 Å². The third-order valence-corrected chi connectivity index (χ3v) is 3.09. The molecule has 1 heterocycles. The van der Waals surface area contributed by atoms with Gasteiger partial charge in [0.05, 0.1) is 0 Å². The Labute approximate surface area is 104 Å². The quantitative estimate of drug-likeness (QED) is 0.767. The van der Waals surface area contributed by atoms with Crippen molar-refractivity contribution in [2.75, 3.05) is 13.1 Å². The SMILES string of the molecule is CC(C)C(O)(C(=O)OC(C)(C)C)N1CCCC1. The smallest absolute Gasteiger partial charge is 0.354 e. The van der Waals surface area contributed by atoms with E-state index in [4.69, 9.17) is 4.74 Å². The van der Waals surface area contributed by atoms with E-state index in [0.29, 0.717) is 0 Å². The number of hydrogen-bond acceptors (Lipinski definition) is 4. The molecule has 0 radical (unpaired) electrons. The lowest BCUT2D eigenvalue weighted by molar-refractivity contribution is -0.207. The molecule has 1 aliphatic heterocycles. The number of aliphatic hydroxyl groups is 1. The molecule has 0 amide bonds. The predicted molar refractivity (Wildman–Crippen MR) is 66.4 cm³/mol. The van der Waals surface area contributed by atoms with Gasteiger partial charge in [0.1, 0.15) is 5.60 Å². The molecule has 0 aromatic rings. The Balaban J connectivity index is 2.87. The van der Waals surface area contributed by atoms with Gasteiger partial charge in [-0.05, 0) is 33.6 Å². The minimum Gasteiger partial charge on any atom is -0.457 e. The summed E-state index contributed by atoms with van der Waals surface area (Å²) in [7, 11) is 0. The molecule has 0 spiro atoms. The standard InChI is InChI=1S/C13H25NO3/c1-10(2)13(16,14-8-6-7-9-14)11(15)17-12(3,4)5/h10,16H,6-9H2,1-5H3. The second-order valence-electron chi connectivity index (χ2n) is 6.08. The molecule has 4 nitrogen and oxygen atoms in total. The molecule has 4 heteroatoms. The maximum atomic E-state index is 12.2. The van der Waals surface area contributed by atoms with Crippen LogP contribution in [-0.2, 0) is 9.53 Å². The van der Waals surface area contributed by atoms with Gasteiger partial charge in [-0.25, -0.2) is 4.79 Å². The molecule has 0 aliphatic carbocycles. The topological polar surface area (TPSA) is 49.8 Å². The predicted octanol–water partition coefficient (Wildman–Crippen LogP) is 1.77. The van der Waals surface area contributed by atoms with Crippen LogP contribution in [0.1, 0.15) is 47.5 Å². The fourth-order valence-corrected chi connectivity index (χ4v) is 2.14. The van der Waals surface area contributed by atoms with Crippen LogP contribution in [0.15, 0.2) is 0 Å². The van der Waals surface area contributed by atoms with Crippen LogP contribution in [0.3, 0.4) is 0 Å². The van der Waals surface area contributed by atoms with E-state index >= 15 is 0 Å². The van der Waals surface area contributed by atoms with E-state index in [1.807, 2.05) is 39.5 Å². The third-order valence-electron chi connectivity index (χ3n) is 3.09. The van der Waals surface area contributed by atoms with Gasteiger partial charge in [0, 0.05) is 19.0 Å².